The number of fused-ring (bicyclic) bond motifs is 1. The highest BCUT2D eigenvalue weighted by Crippen LogP contribution is 2.29. The average Bonchev–Trinajstić information content (AvgIpc) is 2.44. The van der Waals surface area contributed by atoms with Gasteiger partial charge in [0.2, 0.25) is 0 Å². The molecular weight excluding hydrogens is 224 g/mol. The lowest BCUT2D eigenvalue weighted by Crippen LogP contribution is -2.05. The zero-order valence-electron chi connectivity index (χ0n) is 10.0. The average molecular weight is 236 g/mol. The zero-order chi connectivity index (χ0) is 12.5. The van der Waals surface area contributed by atoms with E-state index in [1.807, 2.05) is 42.5 Å². The van der Waals surface area contributed by atoms with Crippen LogP contribution in [0.4, 0.5) is 0 Å². The third-order valence-electron chi connectivity index (χ3n) is 3.07. The lowest BCUT2D eigenvalue weighted by Gasteiger charge is -2.09. The molecule has 88 valence electrons. The van der Waals surface area contributed by atoms with Gasteiger partial charge in [-0.05, 0) is 31.2 Å². The molecule has 18 heavy (non-hydrogen) atoms. The van der Waals surface area contributed by atoms with Crippen LogP contribution in [0, 0.1) is 6.92 Å². The molecule has 2 nitrogen and oxygen atoms in total. The fraction of sp³-hybridized carbons (Fsp3) is 0.0625. The topological polar surface area (TPSA) is 30.2 Å². The first-order valence-corrected chi connectivity index (χ1v) is 5.84. The summed E-state index contributed by atoms with van der Waals surface area (Å²) in [6.45, 7) is 1.79. The molecule has 1 aliphatic carbocycles. The quantitative estimate of drug-likeness (QED) is 0.644. The highest BCUT2D eigenvalue weighted by atomic mass is 16.3. The standard InChI is InChI=1S/C16H12O2/c1-11-14(17)9-7-13-8-10-15(18-16(11)13)12-5-3-2-4-6-12/h2-10H,1H3. The summed E-state index contributed by atoms with van der Waals surface area (Å²) in [5.74, 6) is 1.45. The monoisotopic (exact) mass is 236 g/mol. The molecule has 1 aromatic carbocycles. The highest BCUT2D eigenvalue weighted by molar-refractivity contribution is 5.67. The van der Waals surface area contributed by atoms with Crippen molar-refractivity contribution in [2.75, 3.05) is 0 Å². The van der Waals surface area contributed by atoms with E-state index in [4.69, 9.17) is 4.42 Å². The molecule has 0 aromatic heterocycles. The zero-order valence-corrected chi connectivity index (χ0v) is 10.0. The molecule has 2 aliphatic rings. The van der Waals surface area contributed by atoms with E-state index in [2.05, 4.69) is 0 Å². The molecule has 0 bridgehead atoms. The summed E-state index contributed by atoms with van der Waals surface area (Å²) in [5.41, 5.74) is 2.63. The Hall–Kier alpha value is -2.35. The Balaban J connectivity index is 2.26. The van der Waals surface area contributed by atoms with Crippen LogP contribution in [0.15, 0.2) is 63.8 Å². The molecule has 0 saturated carbocycles. The normalized spacial score (nSPS) is 10.7. The molecule has 3 rings (SSSR count). The van der Waals surface area contributed by atoms with Crippen LogP contribution in [0.25, 0.3) is 22.6 Å². The van der Waals surface area contributed by atoms with Crippen LogP contribution in [-0.4, -0.2) is 0 Å². The molecule has 0 fully saturated rings. The molecule has 0 amide bonds. The molecule has 2 heteroatoms. The molecule has 0 N–H and O–H groups in total. The van der Waals surface area contributed by atoms with Crippen LogP contribution in [0.2, 0.25) is 0 Å². The molecule has 0 atom stereocenters. The summed E-state index contributed by atoms with van der Waals surface area (Å²) < 4.78 is 5.86. The summed E-state index contributed by atoms with van der Waals surface area (Å²) in [4.78, 5) is 11.6. The van der Waals surface area contributed by atoms with Crippen molar-refractivity contribution in [1.29, 1.82) is 0 Å². The Morgan fingerprint density at radius 2 is 1.56 bits per heavy atom. The predicted octanol–water partition coefficient (Wildman–Crippen LogP) is 3.72. The lowest BCUT2D eigenvalue weighted by atomic mass is 10.0. The minimum absolute atomic E-state index is 0.0106. The Labute approximate surface area is 105 Å². The van der Waals surface area contributed by atoms with Crippen molar-refractivity contribution in [3.63, 3.8) is 0 Å². The van der Waals surface area contributed by atoms with E-state index in [-0.39, 0.29) is 5.43 Å². The molecule has 1 heterocycles. The van der Waals surface area contributed by atoms with Gasteiger partial charge in [-0.15, -0.1) is 0 Å². The van der Waals surface area contributed by atoms with Gasteiger partial charge in [0.25, 0.3) is 0 Å². The molecule has 0 saturated heterocycles. The van der Waals surface area contributed by atoms with Gasteiger partial charge in [-0.25, -0.2) is 0 Å². The van der Waals surface area contributed by atoms with Crippen molar-refractivity contribution in [2.24, 2.45) is 0 Å². The van der Waals surface area contributed by atoms with E-state index in [9.17, 15) is 4.79 Å². The summed E-state index contributed by atoms with van der Waals surface area (Å²) in [5, 5.41) is 0. The van der Waals surface area contributed by atoms with Gasteiger partial charge in [0.1, 0.15) is 11.5 Å². The maximum Gasteiger partial charge on any atom is 0.185 e. The van der Waals surface area contributed by atoms with Gasteiger partial charge in [0.15, 0.2) is 5.43 Å². The maximum atomic E-state index is 11.6. The summed E-state index contributed by atoms with van der Waals surface area (Å²) in [7, 11) is 0. The lowest BCUT2D eigenvalue weighted by molar-refractivity contribution is 0.577. The van der Waals surface area contributed by atoms with Crippen LogP contribution in [0.1, 0.15) is 5.56 Å². The summed E-state index contributed by atoms with van der Waals surface area (Å²) in [6.07, 6.45) is 0. The molecule has 0 spiro atoms. The van der Waals surface area contributed by atoms with Gasteiger partial charge in [-0.2, -0.15) is 0 Å². The number of rotatable bonds is 1. The van der Waals surface area contributed by atoms with E-state index < -0.39 is 0 Å². The highest BCUT2D eigenvalue weighted by Gasteiger charge is 2.11. The SMILES string of the molecule is Cc1c2oc(-c3ccccc3)ccc-2ccc1=O. The van der Waals surface area contributed by atoms with E-state index in [1.54, 1.807) is 19.1 Å². The summed E-state index contributed by atoms with van der Waals surface area (Å²) >= 11 is 0. The predicted molar refractivity (Wildman–Crippen MR) is 71.8 cm³/mol. The van der Waals surface area contributed by atoms with Crippen molar-refractivity contribution in [1.82, 2.24) is 0 Å². The van der Waals surface area contributed by atoms with Crippen molar-refractivity contribution < 1.29 is 4.42 Å². The smallest absolute Gasteiger partial charge is 0.185 e. The first kappa shape index (κ1) is 10.8. The van der Waals surface area contributed by atoms with Crippen molar-refractivity contribution in [3.8, 4) is 22.6 Å². The van der Waals surface area contributed by atoms with E-state index >= 15 is 0 Å². The van der Waals surface area contributed by atoms with Gasteiger partial charge < -0.3 is 4.42 Å². The number of hydrogen-bond acceptors (Lipinski definition) is 2. The molecule has 0 radical (unpaired) electrons. The Bertz CT molecular complexity index is 711. The number of benzene rings is 2. The second-order valence-electron chi connectivity index (χ2n) is 4.27. The van der Waals surface area contributed by atoms with Crippen LogP contribution < -0.4 is 5.43 Å². The van der Waals surface area contributed by atoms with E-state index in [1.165, 1.54) is 0 Å². The van der Waals surface area contributed by atoms with Crippen molar-refractivity contribution in [2.45, 2.75) is 6.92 Å². The Morgan fingerprint density at radius 1 is 0.833 bits per heavy atom. The molecule has 1 aromatic rings. The third kappa shape index (κ3) is 1.72. The number of hydrogen-bond donors (Lipinski definition) is 0. The van der Waals surface area contributed by atoms with Gasteiger partial charge in [-0.1, -0.05) is 30.3 Å². The minimum atomic E-state index is 0.0106. The van der Waals surface area contributed by atoms with Crippen molar-refractivity contribution >= 4 is 0 Å². The van der Waals surface area contributed by atoms with E-state index in [0.29, 0.717) is 11.3 Å². The van der Waals surface area contributed by atoms with Crippen LogP contribution in [-0.2, 0) is 0 Å². The Kier molecular flexibility index (Phi) is 2.49. The minimum Gasteiger partial charge on any atom is -0.456 e. The molecule has 0 unspecified atom stereocenters. The van der Waals surface area contributed by atoms with Gasteiger partial charge >= 0.3 is 0 Å². The third-order valence-corrected chi connectivity index (χ3v) is 3.07. The van der Waals surface area contributed by atoms with Gasteiger partial charge in [0, 0.05) is 16.7 Å². The van der Waals surface area contributed by atoms with Crippen LogP contribution in [0.5, 0.6) is 0 Å². The molecule has 1 aliphatic heterocycles. The van der Waals surface area contributed by atoms with E-state index in [0.717, 1.165) is 16.9 Å². The van der Waals surface area contributed by atoms with Crippen molar-refractivity contribution in [3.05, 3.63) is 70.4 Å². The van der Waals surface area contributed by atoms with Crippen LogP contribution in [0.3, 0.4) is 0 Å². The fourth-order valence-electron chi connectivity index (χ4n) is 2.03. The Morgan fingerprint density at radius 3 is 2.33 bits per heavy atom. The largest absolute Gasteiger partial charge is 0.456 e. The van der Waals surface area contributed by atoms with Gasteiger partial charge in [0.05, 0.1) is 0 Å². The first-order valence-electron chi connectivity index (χ1n) is 5.84. The second-order valence-corrected chi connectivity index (χ2v) is 4.27. The summed E-state index contributed by atoms with van der Waals surface area (Å²) in [6, 6.07) is 17.2. The van der Waals surface area contributed by atoms with Crippen LogP contribution >= 0.6 is 0 Å². The fourth-order valence-corrected chi connectivity index (χ4v) is 2.03. The second kappa shape index (κ2) is 4.15. The van der Waals surface area contributed by atoms with Gasteiger partial charge in [-0.3, -0.25) is 4.79 Å². The molecular formula is C16H12O2. The maximum absolute atomic E-state index is 11.6. The first-order chi connectivity index (χ1) is 8.75.